The Balaban J connectivity index is 1.58. The van der Waals surface area contributed by atoms with Crippen molar-refractivity contribution in [1.29, 1.82) is 0 Å². The first-order chi connectivity index (χ1) is 16.0. The number of halogens is 1. The normalized spacial score (nSPS) is 21.7. The molecule has 180 valence electrons. The molecule has 0 amide bonds. The van der Waals surface area contributed by atoms with E-state index in [2.05, 4.69) is 0 Å². The number of nitrogens with zero attached hydrogens (tertiary/aromatic N) is 2. The first kappa shape index (κ1) is 24.1. The number of sulfonamides is 1. The van der Waals surface area contributed by atoms with E-state index in [9.17, 15) is 22.7 Å². The van der Waals surface area contributed by atoms with E-state index >= 15 is 0 Å². The number of carbonyl (C=O) groups is 1. The van der Waals surface area contributed by atoms with E-state index in [1.807, 2.05) is 27.0 Å². The quantitative estimate of drug-likeness (QED) is 0.594. The maximum atomic E-state index is 13.9. The van der Waals surface area contributed by atoms with Gasteiger partial charge in [0.2, 0.25) is 15.7 Å². The van der Waals surface area contributed by atoms with Crippen molar-refractivity contribution >= 4 is 33.5 Å². The number of hydrogen-bond acceptors (Lipinski definition) is 4. The molecule has 7 nitrogen and oxygen atoms in total. The zero-order valence-corrected chi connectivity index (χ0v) is 20.1. The zero-order chi connectivity index (χ0) is 24.6. The Morgan fingerprint density at radius 1 is 1.24 bits per heavy atom. The van der Waals surface area contributed by atoms with Gasteiger partial charge in [0, 0.05) is 24.7 Å². The summed E-state index contributed by atoms with van der Waals surface area (Å²) in [6, 6.07) is 10.7. The van der Waals surface area contributed by atoms with Crippen LogP contribution in [0.2, 0.25) is 0 Å². The van der Waals surface area contributed by atoms with Gasteiger partial charge in [-0.1, -0.05) is 6.92 Å². The van der Waals surface area contributed by atoms with Crippen LogP contribution in [-0.4, -0.2) is 53.8 Å². The van der Waals surface area contributed by atoms with Crippen LogP contribution in [0, 0.1) is 17.7 Å². The first-order valence-corrected chi connectivity index (χ1v) is 12.6. The molecule has 1 unspecified atom stereocenters. The molecule has 2 heterocycles. The lowest BCUT2D eigenvalue weighted by molar-refractivity contribution is -0.352. The molecule has 0 spiro atoms. The second kappa shape index (κ2) is 9.31. The fraction of sp³-hybridized carbons (Fsp3) is 0.360. The highest BCUT2D eigenvalue weighted by Gasteiger charge is 2.39. The van der Waals surface area contributed by atoms with Crippen molar-refractivity contribution in [3.05, 3.63) is 60.0 Å². The number of fused-ring (bicyclic) bond motifs is 1. The molecule has 1 fully saturated rings. The summed E-state index contributed by atoms with van der Waals surface area (Å²) >= 11 is 0. The Morgan fingerprint density at radius 3 is 2.59 bits per heavy atom. The fourth-order valence-electron chi connectivity index (χ4n) is 4.38. The van der Waals surface area contributed by atoms with Gasteiger partial charge in [0.1, 0.15) is 11.6 Å². The predicted octanol–water partition coefficient (Wildman–Crippen LogP) is 4.11. The van der Waals surface area contributed by atoms with Gasteiger partial charge in [0.05, 0.1) is 28.9 Å². The van der Waals surface area contributed by atoms with Crippen LogP contribution in [0.5, 0.6) is 5.75 Å². The van der Waals surface area contributed by atoms with Gasteiger partial charge in [0.25, 0.3) is 0 Å². The second-order valence-electron chi connectivity index (χ2n) is 9.04. The van der Waals surface area contributed by atoms with Crippen molar-refractivity contribution in [1.82, 2.24) is 4.31 Å². The molecular weight excluding hydrogens is 459 g/mol. The fourth-order valence-corrected chi connectivity index (χ4v) is 5.96. The maximum Gasteiger partial charge on any atom is 0.308 e. The minimum atomic E-state index is -3.69. The highest BCUT2D eigenvalue weighted by molar-refractivity contribution is 7.89. The second-order valence-corrected chi connectivity index (χ2v) is 11.0. The smallest absolute Gasteiger partial charge is 0.308 e. The highest BCUT2D eigenvalue weighted by Crippen LogP contribution is 2.37. The number of hydrogen-bond donors (Lipinski definition) is 1. The maximum absolute atomic E-state index is 13.9. The van der Waals surface area contributed by atoms with E-state index in [0.29, 0.717) is 29.1 Å². The summed E-state index contributed by atoms with van der Waals surface area (Å²) < 4.78 is 49.2. The van der Waals surface area contributed by atoms with Crippen molar-refractivity contribution in [3.8, 4) is 5.75 Å². The van der Waals surface area contributed by atoms with Gasteiger partial charge in [-0.2, -0.15) is 8.88 Å². The molecule has 0 aliphatic carbocycles. The van der Waals surface area contributed by atoms with Crippen LogP contribution < -0.4 is 4.74 Å². The summed E-state index contributed by atoms with van der Waals surface area (Å²) in [7, 11) is -3.69. The Hall–Kier alpha value is -3.04. The Morgan fingerprint density at radius 2 is 1.94 bits per heavy atom. The van der Waals surface area contributed by atoms with Crippen LogP contribution in [0.1, 0.15) is 32.8 Å². The summed E-state index contributed by atoms with van der Waals surface area (Å²) in [6.07, 6.45) is 3.37. The topological polar surface area (TPSA) is 86.9 Å². The summed E-state index contributed by atoms with van der Waals surface area (Å²) in [5, 5.41) is 9.23. The van der Waals surface area contributed by atoms with Crippen LogP contribution in [0.25, 0.3) is 5.57 Å². The number of ether oxygens (including phenoxy) is 1. The lowest BCUT2D eigenvalue weighted by Crippen LogP contribution is -2.29. The SMILES string of the molecule is CC(C)Oc1ccc(S(=O)(=O)N2CC(C=[N+]3C=C(CC(=O)O)c4ccc(F)cc43)[C@H](C)C2)cc1. The van der Waals surface area contributed by atoms with Crippen LogP contribution in [0.4, 0.5) is 10.1 Å². The van der Waals surface area contributed by atoms with Crippen molar-refractivity contribution in [3.63, 3.8) is 0 Å². The van der Waals surface area contributed by atoms with Gasteiger partial charge in [-0.3, -0.25) is 4.79 Å². The van der Waals surface area contributed by atoms with Crippen molar-refractivity contribution < 1.29 is 32.0 Å². The lowest BCUT2D eigenvalue weighted by Gasteiger charge is -2.16. The molecule has 0 radical (unpaired) electrons. The molecule has 2 aliphatic heterocycles. The molecule has 0 aromatic heterocycles. The van der Waals surface area contributed by atoms with Crippen LogP contribution >= 0.6 is 0 Å². The van der Waals surface area contributed by atoms with E-state index in [0.717, 1.165) is 0 Å². The molecule has 1 saturated heterocycles. The summed E-state index contributed by atoms with van der Waals surface area (Å²) in [6.45, 7) is 6.40. The molecule has 0 bridgehead atoms. The van der Waals surface area contributed by atoms with E-state index in [1.165, 1.54) is 16.4 Å². The van der Waals surface area contributed by atoms with Gasteiger partial charge in [-0.15, -0.1) is 0 Å². The van der Waals surface area contributed by atoms with E-state index in [1.54, 1.807) is 41.1 Å². The Labute approximate surface area is 198 Å². The summed E-state index contributed by atoms with van der Waals surface area (Å²) in [5.41, 5.74) is 1.81. The van der Waals surface area contributed by atoms with Gasteiger partial charge in [-0.25, -0.2) is 12.8 Å². The molecule has 0 saturated carbocycles. The van der Waals surface area contributed by atoms with Gasteiger partial charge < -0.3 is 9.84 Å². The number of rotatable bonds is 7. The van der Waals surface area contributed by atoms with Gasteiger partial charge in [-0.05, 0) is 56.2 Å². The van der Waals surface area contributed by atoms with Crippen LogP contribution in [-0.2, 0) is 14.8 Å². The lowest BCUT2D eigenvalue weighted by atomic mass is 9.99. The monoisotopic (exact) mass is 487 g/mol. The van der Waals surface area contributed by atoms with Crippen LogP contribution in [0.3, 0.4) is 0 Å². The third-order valence-electron chi connectivity index (χ3n) is 6.04. The third-order valence-corrected chi connectivity index (χ3v) is 7.89. The highest BCUT2D eigenvalue weighted by atomic mass is 32.2. The minimum Gasteiger partial charge on any atom is -0.491 e. The molecule has 2 aliphatic rings. The van der Waals surface area contributed by atoms with Gasteiger partial charge in [0.15, 0.2) is 12.4 Å². The number of aliphatic carboxylic acids is 1. The summed E-state index contributed by atoms with van der Waals surface area (Å²) in [4.78, 5) is 11.5. The van der Waals surface area contributed by atoms with E-state index in [-0.39, 0.29) is 35.8 Å². The van der Waals surface area contributed by atoms with Gasteiger partial charge >= 0.3 is 5.97 Å². The minimum absolute atomic E-state index is 0.00700. The number of carboxylic acid groups (broad SMARTS) is 1. The Bertz CT molecular complexity index is 1270. The first-order valence-electron chi connectivity index (χ1n) is 11.2. The molecule has 2 atom stereocenters. The van der Waals surface area contributed by atoms with Crippen molar-refractivity contribution in [2.45, 2.75) is 38.2 Å². The average Bonchev–Trinajstić information content (AvgIpc) is 3.28. The molecular formula is C25H28FN2O5S+. The van der Waals surface area contributed by atoms with E-state index in [4.69, 9.17) is 4.74 Å². The molecule has 2 aromatic rings. The largest absolute Gasteiger partial charge is 0.491 e. The number of benzene rings is 2. The molecule has 1 N–H and O–H groups in total. The summed E-state index contributed by atoms with van der Waals surface area (Å²) in [5.74, 6) is -0.892. The standard InChI is InChI=1S/C25H27FN2O5S/c1-16(2)33-21-5-7-22(8-6-21)34(31,32)28-12-17(3)19(15-28)14-27-13-18(10-25(29)30)23-9-4-20(26)11-24(23)27/h4-9,11,13-14,16-17,19H,10,12,15H2,1-3H3/p+1/t17-,19?/m1/s1. The van der Waals surface area contributed by atoms with Crippen molar-refractivity contribution in [2.75, 3.05) is 13.1 Å². The third kappa shape index (κ3) is 4.90. The molecule has 9 heteroatoms. The molecule has 34 heavy (non-hydrogen) atoms. The number of carboxylic acids is 1. The average molecular weight is 488 g/mol. The zero-order valence-electron chi connectivity index (χ0n) is 19.3. The predicted molar refractivity (Wildman–Crippen MR) is 126 cm³/mol. The van der Waals surface area contributed by atoms with Crippen LogP contribution in [0.15, 0.2) is 53.6 Å². The molecule has 4 rings (SSSR count). The Kier molecular flexibility index (Phi) is 6.60. The molecule has 2 aromatic carbocycles. The van der Waals surface area contributed by atoms with Crippen molar-refractivity contribution in [2.24, 2.45) is 11.8 Å². The van der Waals surface area contributed by atoms with E-state index < -0.39 is 21.8 Å².